The number of amides is 3. The molecule has 38 heavy (non-hydrogen) atoms. The van der Waals surface area contributed by atoms with Crippen molar-refractivity contribution in [2.75, 3.05) is 39.4 Å². The second kappa shape index (κ2) is 11.4. The van der Waals surface area contributed by atoms with E-state index in [2.05, 4.69) is 26.6 Å². The number of halogens is 4. The Morgan fingerprint density at radius 3 is 2.55 bits per heavy atom. The molecular formula is C26H36BrF3N4O4. The second-order valence-electron chi connectivity index (χ2n) is 11.3. The molecule has 2 aliphatic carbocycles. The van der Waals surface area contributed by atoms with E-state index in [1.54, 1.807) is 9.80 Å². The minimum atomic E-state index is -4.45. The van der Waals surface area contributed by atoms with Gasteiger partial charge in [0, 0.05) is 66.7 Å². The first kappa shape index (κ1) is 27.9. The van der Waals surface area contributed by atoms with Gasteiger partial charge < -0.3 is 20.3 Å². The highest BCUT2D eigenvalue weighted by atomic mass is 79.9. The fourth-order valence-corrected chi connectivity index (χ4v) is 7.94. The van der Waals surface area contributed by atoms with Gasteiger partial charge in [-0.15, -0.1) is 0 Å². The molecule has 8 nitrogen and oxygen atoms in total. The quantitative estimate of drug-likeness (QED) is 0.481. The van der Waals surface area contributed by atoms with E-state index in [0.29, 0.717) is 51.3 Å². The minimum absolute atomic E-state index is 0.0294. The van der Waals surface area contributed by atoms with Gasteiger partial charge in [-0.2, -0.15) is 13.2 Å². The van der Waals surface area contributed by atoms with Crippen LogP contribution in [0.1, 0.15) is 44.9 Å². The first-order valence-corrected chi connectivity index (χ1v) is 14.7. The number of carbonyl (C=O) groups is 3. The summed E-state index contributed by atoms with van der Waals surface area (Å²) in [7, 11) is 0. The van der Waals surface area contributed by atoms with Crippen LogP contribution in [-0.2, 0) is 19.1 Å². The predicted octanol–water partition coefficient (Wildman–Crippen LogP) is 2.37. The van der Waals surface area contributed by atoms with E-state index in [-0.39, 0.29) is 48.7 Å². The zero-order chi connectivity index (χ0) is 27.0. The van der Waals surface area contributed by atoms with Gasteiger partial charge in [0.2, 0.25) is 17.7 Å². The Hall–Kier alpha value is -1.66. The van der Waals surface area contributed by atoms with Gasteiger partial charge in [-0.1, -0.05) is 28.8 Å². The van der Waals surface area contributed by atoms with Crippen molar-refractivity contribution in [3.05, 3.63) is 11.6 Å². The zero-order valence-electron chi connectivity index (χ0n) is 21.4. The molecular weight excluding hydrogens is 569 g/mol. The smallest absolute Gasteiger partial charge is 0.378 e. The largest absolute Gasteiger partial charge is 0.393 e. The van der Waals surface area contributed by atoms with Gasteiger partial charge in [0.1, 0.15) is 0 Å². The van der Waals surface area contributed by atoms with Crippen molar-refractivity contribution < 1.29 is 32.3 Å². The molecule has 0 aromatic carbocycles. The standard InChI is InChI=1S/C26H36BrF3N4O4/c27-15-11-19(25(37)33-7-9-38-10-8-33)23(20(12-15)26(28,29)30)34-6-5-16(14-34)31-24(36)18-13-22(35)32-21-4-2-1-3-17(18)21/h13,15-17,19-21,23H,1-12,14H2,(H,31,36)(H,32,35)/t15?,16-,17?,19?,20?,21?,23?/m1/s1. The molecule has 3 heterocycles. The summed E-state index contributed by atoms with van der Waals surface area (Å²) in [4.78, 5) is 42.0. The van der Waals surface area contributed by atoms with Crippen molar-refractivity contribution in [1.29, 1.82) is 0 Å². The van der Waals surface area contributed by atoms with Crippen molar-refractivity contribution >= 4 is 33.7 Å². The molecule has 2 N–H and O–H groups in total. The van der Waals surface area contributed by atoms with Crippen LogP contribution in [0.3, 0.4) is 0 Å². The monoisotopic (exact) mass is 604 g/mol. The molecule has 0 spiro atoms. The normalized spacial score (nSPS) is 36.7. The van der Waals surface area contributed by atoms with E-state index in [4.69, 9.17) is 4.74 Å². The van der Waals surface area contributed by atoms with E-state index in [1.165, 1.54) is 6.08 Å². The topological polar surface area (TPSA) is 91.0 Å². The molecule has 212 valence electrons. The molecule has 0 aromatic heterocycles. The molecule has 3 aliphatic heterocycles. The minimum Gasteiger partial charge on any atom is -0.378 e. The highest BCUT2D eigenvalue weighted by Gasteiger charge is 2.55. The maximum Gasteiger partial charge on any atom is 0.393 e. The number of alkyl halides is 4. The zero-order valence-corrected chi connectivity index (χ0v) is 22.9. The number of hydrogen-bond donors (Lipinski definition) is 2. The number of nitrogens with zero attached hydrogens (tertiary/aromatic N) is 2. The molecule has 0 radical (unpaired) electrons. The lowest BCUT2D eigenvalue weighted by molar-refractivity contribution is -0.205. The SMILES string of the molecule is O=C1C=C(C(=O)N[C@@H]2CCN(C3C(C(=O)N4CCOCC4)CC(Br)CC3C(F)(F)F)C2)C2CCCCC2N1. The van der Waals surface area contributed by atoms with Crippen LogP contribution in [0, 0.1) is 17.8 Å². The summed E-state index contributed by atoms with van der Waals surface area (Å²) in [6.07, 6.45) is 1.35. The summed E-state index contributed by atoms with van der Waals surface area (Å²) >= 11 is 3.40. The molecule has 0 aromatic rings. The Balaban J connectivity index is 1.31. The number of hydrogen-bond acceptors (Lipinski definition) is 5. The molecule has 2 saturated carbocycles. The highest BCUT2D eigenvalue weighted by Crippen LogP contribution is 2.46. The van der Waals surface area contributed by atoms with Gasteiger partial charge in [-0.05, 0) is 32.1 Å². The molecule has 2 saturated heterocycles. The summed E-state index contributed by atoms with van der Waals surface area (Å²) in [5.41, 5.74) is 0.477. The van der Waals surface area contributed by atoms with Crippen LogP contribution < -0.4 is 10.6 Å². The summed E-state index contributed by atoms with van der Waals surface area (Å²) in [5.74, 6) is -3.28. The van der Waals surface area contributed by atoms with Crippen LogP contribution in [-0.4, -0.2) is 96.0 Å². The van der Waals surface area contributed by atoms with Crippen LogP contribution in [0.4, 0.5) is 13.2 Å². The number of carbonyl (C=O) groups excluding carboxylic acids is 3. The van der Waals surface area contributed by atoms with Gasteiger partial charge in [0.15, 0.2) is 0 Å². The fraction of sp³-hybridized carbons (Fsp3) is 0.808. The van der Waals surface area contributed by atoms with Crippen molar-refractivity contribution in [3.8, 4) is 0 Å². The number of fused-ring (bicyclic) bond motifs is 1. The Kier molecular flexibility index (Phi) is 8.40. The van der Waals surface area contributed by atoms with Crippen LogP contribution >= 0.6 is 15.9 Å². The van der Waals surface area contributed by atoms with E-state index >= 15 is 0 Å². The number of likely N-dealkylation sites (tertiary alicyclic amines) is 1. The average Bonchev–Trinajstić information content (AvgIpc) is 3.35. The Labute approximate surface area is 229 Å². The van der Waals surface area contributed by atoms with Gasteiger partial charge in [0.25, 0.3) is 0 Å². The summed E-state index contributed by atoms with van der Waals surface area (Å²) < 4.78 is 48.3. The van der Waals surface area contributed by atoms with Crippen LogP contribution in [0.2, 0.25) is 0 Å². The van der Waals surface area contributed by atoms with Gasteiger partial charge in [-0.3, -0.25) is 19.3 Å². The Bertz CT molecular complexity index is 957. The molecule has 7 atom stereocenters. The summed E-state index contributed by atoms with van der Waals surface area (Å²) in [6.45, 7) is 2.16. The lowest BCUT2D eigenvalue weighted by Crippen LogP contribution is -2.59. The molecule has 12 heteroatoms. The molecule has 3 amide bonds. The van der Waals surface area contributed by atoms with Crippen molar-refractivity contribution in [3.63, 3.8) is 0 Å². The third-order valence-electron chi connectivity index (χ3n) is 8.92. The average molecular weight is 605 g/mol. The van der Waals surface area contributed by atoms with Crippen molar-refractivity contribution in [2.24, 2.45) is 17.8 Å². The van der Waals surface area contributed by atoms with Gasteiger partial charge in [0.05, 0.1) is 25.0 Å². The number of ether oxygens (including phenoxy) is 1. The lowest BCUT2D eigenvalue weighted by Gasteiger charge is -2.46. The summed E-state index contributed by atoms with van der Waals surface area (Å²) in [6, 6.07) is -1.37. The van der Waals surface area contributed by atoms with E-state index in [1.807, 2.05) is 0 Å². The maximum absolute atomic E-state index is 14.3. The lowest BCUT2D eigenvalue weighted by atomic mass is 9.74. The third-order valence-corrected chi connectivity index (χ3v) is 9.67. The predicted molar refractivity (Wildman–Crippen MR) is 136 cm³/mol. The van der Waals surface area contributed by atoms with Crippen LogP contribution in [0.15, 0.2) is 11.6 Å². The number of morpholine rings is 1. The third kappa shape index (κ3) is 5.91. The molecule has 5 rings (SSSR count). The number of rotatable bonds is 4. The first-order chi connectivity index (χ1) is 18.1. The van der Waals surface area contributed by atoms with Gasteiger partial charge in [-0.25, -0.2) is 0 Å². The second-order valence-corrected chi connectivity index (χ2v) is 12.6. The fourth-order valence-electron chi connectivity index (χ4n) is 7.14. The highest BCUT2D eigenvalue weighted by molar-refractivity contribution is 9.09. The van der Waals surface area contributed by atoms with Crippen LogP contribution in [0.5, 0.6) is 0 Å². The van der Waals surface area contributed by atoms with Crippen molar-refractivity contribution in [1.82, 2.24) is 20.4 Å². The Morgan fingerprint density at radius 1 is 1.08 bits per heavy atom. The summed E-state index contributed by atoms with van der Waals surface area (Å²) in [5, 5.41) is 5.96. The van der Waals surface area contributed by atoms with Gasteiger partial charge >= 0.3 is 6.18 Å². The van der Waals surface area contributed by atoms with E-state index in [9.17, 15) is 27.6 Å². The number of nitrogens with one attached hydrogen (secondary N) is 2. The Morgan fingerprint density at radius 2 is 1.82 bits per heavy atom. The first-order valence-electron chi connectivity index (χ1n) is 13.8. The molecule has 4 fully saturated rings. The molecule has 6 unspecified atom stereocenters. The maximum atomic E-state index is 14.3. The van der Waals surface area contributed by atoms with E-state index < -0.39 is 28.9 Å². The van der Waals surface area contributed by atoms with E-state index in [0.717, 1.165) is 25.7 Å². The molecule has 5 aliphatic rings. The molecule has 0 bridgehead atoms. The van der Waals surface area contributed by atoms with Crippen LogP contribution in [0.25, 0.3) is 0 Å². The van der Waals surface area contributed by atoms with Crippen molar-refractivity contribution in [2.45, 2.75) is 74.1 Å².